The monoisotopic (exact) mass is 462 g/mol. The Kier molecular flexibility index (Phi) is 6.45. The number of hydrogen-bond donors (Lipinski definition) is 2. The lowest BCUT2D eigenvalue weighted by Gasteiger charge is -2.51. The summed E-state index contributed by atoms with van der Waals surface area (Å²) in [5.41, 5.74) is -0.503. The van der Waals surface area contributed by atoms with Crippen molar-refractivity contribution in [2.75, 3.05) is 26.2 Å². The number of halogens is 1. The summed E-state index contributed by atoms with van der Waals surface area (Å²) in [5.74, 6) is -0.116. The summed E-state index contributed by atoms with van der Waals surface area (Å²) in [6.45, 7) is 9.01. The maximum absolute atomic E-state index is 12.7. The summed E-state index contributed by atoms with van der Waals surface area (Å²) in [4.78, 5) is 26.8. The second-order valence-electron chi connectivity index (χ2n) is 10.8. The first kappa shape index (κ1) is 23.7. The zero-order valence-corrected chi connectivity index (χ0v) is 20.0. The number of benzene rings is 1. The summed E-state index contributed by atoms with van der Waals surface area (Å²) in [7, 11) is 0. The number of amides is 1. The van der Waals surface area contributed by atoms with Gasteiger partial charge in [0.2, 0.25) is 5.91 Å². The van der Waals surface area contributed by atoms with Crippen LogP contribution in [0, 0.1) is 17.3 Å². The van der Waals surface area contributed by atoms with Crippen LogP contribution >= 0.6 is 11.6 Å². The second kappa shape index (κ2) is 8.71. The Balaban J connectivity index is 1.34. The topological polar surface area (TPSA) is 82.2 Å². The number of carbonyl (C=O) groups is 2. The lowest BCUT2D eigenvalue weighted by atomic mass is 9.66. The molecular formula is C25H35ClN2O4. The molecule has 1 aliphatic carbocycles. The van der Waals surface area contributed by atoms with Gasteiger partial charge in [-0.25, -0.2) is 0 Å². The van der Waals surface area contributed by atoms with Gasteiger partial charge in [0.25, 0.3) is 0 Å². The molecule has 1 saturated carbocycles. The molecule has 7 heteroatoms. The molecule has 1 amide bonds. The van der Waals surface area contributed by atoms with Crippen LogP contribution in [0.1, 0.15) is 52.0 Å². The van der Waals surface area contributed by atoms with Gasteiger partial charge in [-0.15, -0.1) is 0 Å². The smallest absolute Gasteiger partial charge is 0.223 e. The minimum Gasteiger partial charge on any atom is -0.385 e. The molecular weight excluding hydrogens is 428 g/mol. The number of epoxide rings is 1. The third-order valence-corrected chi connectivity index (χ3v) is 8.21. The zero-order chi connectivity index (χ0) is 23.1. The van der Waals surface area contributed by atoms with Crippen molar-refractivity contribution in [1.82, 2.24) is 10.2 Å². The van der Waals surface area contributed by atoms with Crippen LogP contribution in [0.25, 0.3) is 0 Å². The van der Waals surface area contributed by atoms with Crippen molar-refractivity contribution in [1.29, 1.82) is 0 Å². The van der Waals surface area contributed by atoms with Crippen molar-refractivity contribution in [3.8, 4) is 0 Å². The molecule has 4 rings (SSSR count). The van der Waals surface area contributed by atoms with Gasteiger partial charge in [0.1, 0.15) is 6.29 Å². The van der Waals surface area contributed by atoms with E-state index < -0.39 is 11.6 Å². The van der Waals surface area contributed by atoms with Crippen molar-refractivity contribution < 1.29 is 19.4 Å². The first-order valence-corrected chi connectivity index (χ1v) is 12.1. The molecule has 3 fully saturated rings. The first-order chi connectivity index (χ1) is 15.1. The van der Waals surface area contributed by atoms with Gasteiger partial charge < -0.3 is 24.9 Å². The fourth-order valence-corrected chi connectivity index (χ4v) is 5.76. The van der Waals surface area contributed by atoms with Crippen molar-refractivity contribution in [2.45, 2.75) is 63.7 Å². The van der Waals surface area contributed by atoms with E-state index in [4.69, 9.17) is 16.3 Å². The summed E-state index contributed by atoms with van der Waals surface area (Å²) < 4.78 is 5.51. The summed E-state index contributed by atoms with van der Waals surface area (Å²) in [5, 5.41) is 15.2. The Hall–Kier alpha value is -1.47. The van der Waals surface area contributed by atoms with Crippen LogP contribution in [0.4, 0.5) is 0 Å². The molecule has 3 aliphatic rings. The molecule has 0 radical (unpaired) electrons. The number of ether oxygens (including phenoxy) is 1. The van der Waals surface area contributed by atoms with Crippen molar-refractivity contribution in [3.05, 3.63) is 34.9 Å². The van der Waals surface area contributed by atoms with Crippen LogP contribution in [-0.4, -0.2) is 60.1 Å². The number of hydrogen-bond acceptors (Lipinski definition) is 5. The molecule has 5 atom stereocenters. The normalized spacial score (nSPS) is 33.6. The number of rotatable bonds is 7. The average Bonchev–Trinajstić information content (AvgIpc) is 3.37. The minimum atomic E-state index is -0.946. The number of aliphatic hydroxyl groups is 1. The highest BCUT2D eigenvalue weighted by atomic mass is 35.5. The van der Waals surface area contributed by atoms with Crippen LogP contribution in [0.15, 0.2) is 24.3 Å². The van der Waals surface area contributed by atoms with E-state index in [1.165, 1.54) is 0 Å². The van der Waals surface area contributed by atoms with Gasteiger partial charge in [0.15, 0.2) is 0 Å². The van der Waals surface area contributed by atoms with Crippen LogP contribution < -0.4 is 5.32 Å². The lowest BCUT2D eigenvalue weighted by molar-refractivity contribution is -0.131. The summed E-state index contributed by atoms with van der Waals surface area (Å²) in [6, 6.07) is 6.93. The standard InChI is InChI=1S/C25H35ClN2O4/c1-17(21(14-29)27-22(30)18-8-9-24(12-18)16-32-24)13-28-11-10-25(31,23(2,3)15-28)19-4-6-20(26)7-5-19/h4-7,14,17-18,21,31H,8-13,15-16H2,1-3H3,(H,27,30)/t17-,18?,21?,24?,25-/m0/s1. The average molecular weight is 463 g/mol. The highest BCUT2D eigenvalue weighted by Crippen LogP contribution is 2.47. The third kappa shape index (κ3) is 4.60. The number of nitrogens with zero attached hydrogens (tertiary/aromatic N) is 1. The van der Waals surface area contributed by atoms with Gasteiger partial charge in [-0.05, 0) is 49.3 Å². The molecule has 3 unspecified atom stereocenters. The summed E-state index contributed by atoms with van der Waals surface area (Å²) >= 11 is 6.03. The number of carbonyl (C=O) groups excluding carboxylic acids is 2. The van der Waals surface area contributed by atoms with Crippen molar-refractivity contribution in [2.24, 2.45) is 17.3 Å². The maximum Gasteiger partial charge on any atom is 0.223 e. The van der Waals surface area contributed by atoms with Crippen molar-refractivity contribution >= 4 is 23.8 Å². The largest absolute Gasteiger partial charge is 0.385 e. The Labute approximate surface area is 195 Å². The number of piperidine rings is 1. The van der Waals surface area contributed by atoms with Crippen LogP contribution in [0.2, 0.25) is 5.02 Å². The van der Waals surface area contributed by atoms with E-state index in [9.17, 15) is 14.7 Å². The fraction of sp³-hybridized carbons (Fsp3) is 0.680. The highest BCUT2D eigenvalue weighted by molar-refractivity contribution is 6.30. The van der Waals surface area contributed by atoms with E-state index >= 15 is 0 Å². The summed E-state index contributed by atoms with van der Waals surface area (Å²) in [6.07, 6.45) is 3.99. The molecule has 2 saturated heterocycles. The third-order valence-electron chi connectivity index (χ3n) is 7.96. The number of likely N-dealkylation sites (tertiary alicyclic amines) is 1. The molecule has 1 aromatic rings. The molecule has 32 heavy (non-hydrogen) atoms. The van der Waals surface area contributed by atoms with E-state index in [-0.39, 0.29) is 28.8 Å². The minimum absolute atomic E-state index is 0.0264. The Morgan fingerprint density at radius 2 is 2.03 bits per heavy atom. The van der Waals surface area contributed by atoms with Gasteiger partial charge in [-0.1, -0.05) is 44.5 Å². The van der Waals surface area contributed by atoms with Gasteiger partial charge >= 0.3 is 0 Å². The molecule has 2 heterocycles. The highest BCUT2D eigenvalue weighted by Gasteiger charge is 2.52. The maximum atomic E-state index is 12.7. The molecule has 2 N–H and O–H groups in total. The van der Waals surface area contributed by atoms with Gasteiger partial charge in [0, 0.05) is 36.0 Å². The van der Waals surface area contributed by atoms with E-state index in [1.54, 1.807) is 0 Å². The fourth-order valence-electron chi connectivity index (χ4n) is 5.64. The lowest BCUT2D eigenvalue weighted by Crippen LogP contribution is -2.57. The van der Waals surface area contributed by atoms with Gasteiger partial charge in [0.05, 0.1) is 23.9 Å². The predicted octanol–water partition coefficient (Wildman–Crippen LogP) is 3.15. The molecule has 1 spiro atoms. The molecule has 176 valence electrons. The quantitative estimate of drug-likeness (QED) is 0.480. The van der Waals surface area contributed by atoms with Crippen LogP contribution in [0.3, 0.4) is 0 Å². The van der Waals surface area contributed by atoms with Gasteiger partial charge in [-0.2, -0.15) is 0 Å². The van der Waals surface area contributed by atoms with E-state index in [0.717, 1.165) is 44.3 Å². The molecule has 2 aliphatic heterocycles. The first-order valence-electron chi connectivity index (χ1n) is 11.7. The van der Waals surface area contributed by atoms with Crippen LogP contribution in [-0.2, 0) is 19.9 Å². The number of nitrogens with one attached hydrogen (secondary N) is 1. The Morgan fingerprint density at radius 3 is 2.59 bits per heavy atom. The van der Waals surface area contributed by atoms with Crippen molar-refractivity contribution in [3.63, 3.8) is 0 Å². The molecule has 0 bridgehead atoms. The molecule has 6 nitrogen and oxygen atoms in total. The van der Waals surface area contributed by atoms with E-state index in [1.807, 2.05) is 31.2 Å². The number of aldehydes is 1. The van der Waals surface area contributed by atoms with E-state index in [2.05, 4.69) is 24.1 Å². The Bertz CT molecular complexity index is 854. The zero-order valence-electron chi connectivity index (χ0n) is 19.3. The predicted molar refractivity (Wildman–Crippen MR) is 123 cm³/mol. The van der Waals surface area contributed by atoms with Crippen LogP contribution in [0.5, 0.6) is 0 Å². The second-order valence-corrected chi connectivity index (χ2v) is 11.2. The SMILES string of the molecule is C[C@@H](CN1CC[C@](O)(c2ccc(Cl)cc2)C(C)(C)C1)C(C=O)NC(=O)C1CCC2(CO2)C1. The molecule has 0 aromatic heterocycles. The Morgan fingerprint density at radius 1 is 1.34 bits per heavy atom. The van der Waals surface area contributed by atoms with Gasteiger partial charge in [-0.3, -0.25) is 4.79 Å². The van der Waals surface area contributed by atoms with E-state index in [0.29, 0.717) is 24.5 Å². The molecule has 1 aromatic carbocycles.